The van der Waals surface area contributed by atoms with Crippen molar-refractivity contribution >= 4 is 21.7 Å². The summed E-state index contributed by atoms with van der Waals surface area (Å²) in [6, 6.07) is 13.9. The lowest BCUT2D eigenvalue weighted by Crippen LogP contribution is -2.06. The molecule has 1 aromatic heterocycles. The van der Waals surface area contributed by atoms with Crippen LogP contribution in [0.4, 0.5) is 0 Å². The molecule has 0 aliphatic heterocycles. The maximum atomic E-state index is 6.23. The van der Waals surface area contributed by atoms with Crippen molar-refractivity contribution < 1.29 is 9.47 Å². The fourth-order valence-corrected chi connectivity index (χ4v) is 5.63. The Hall–Kier alpha value is -2.14. The molecule has 0 atom stereocenters. The van der Waals surface area contributed by atoms with E-state index in [-0.39, 0.29) is 0 Å². The van der Waals surface area contributed by atoms with Crippen molar-refractivity contribution in [2.24, 2.45) is 5.92 Å². The van der Waals surface area contributed by atoms with E-state index < -0.39 is 0 Å². The number of para-hydroxylation sites is 2. The molecule has 5 heteroatoms. The lowest BCUT2D eigenvalue weighted by molar-refractivity contribution is 0.271. The predicted molar refractivity (Wildman–Crippen MR) is 158 cm³/mol. The van der Waals surface area contributed by atoms with E-state index in [1.165, 1.54) is 108 Å². The van der Waals surface area contributed by atoms with Crippen molar-refractivity contribution in [2.75, 3.05) is 6.61 Å². The zero-order valence-electron chi connectivity index (χ0n) is 23.3. The van der Waals surface area contributed by atoms with Crippen LogP contribution in [0, 0.1) is 5.92 Å². The third kappa shape index (κ3) is 11.0. The number of unbranched alkanes of at least 4 members (excludes halogenated alkanes) is 10. The number of hydrogen-bond donors (Lipinski definition) is 0. The van der Waals surface area contributed by atoms with Crippen LogP contribution in [0.2, 0.25) is 0 Å². The predicted octanol–water partition coefficient (Wildman–Crippen LogP) is 10.8. The second kappa shape index (κ2) is 18.2. The highest BCUT2D eigenvalue weighted by Gasteiger charge is 2.12. The molecule has 204 valence electrons. The maximum absolute atomic E-state index is 6.23. The molecule has 0 spiro atoms. The van der Waals surface area contributed by atoms with E-state index in [9.17, 15) is 0 Å². The van der Waals surface area contributed by atoms with Gasteiger partial charge < -0.3 is 9.47 Å². The Balaban J connectivity index is 1.45. The first kappa shape index (κ1) is 29.4. The Morgan fingerprint density at radius 2 is 1.24 bits per heavy atom. The Morgan fingerprint density at radius 3 is 1.95 bits per heavy atom. The van der Waals surface area contributed by atoms with E-state index in [1.54, 1.807) is 0 Å². The van der Waals surface area contributed by atoms with Gasteiger partial charge in [-0.2, -0.15) is 0 Å². The Kier molecular flexibility index (Phi) is 14.4. The van der Waals surface area contributed by atoms with E-state index in [1.807, 2.05) is 42.5 Å². The highest BCUT2D eigenvalue weighted by Crippen LogP contribution is 2.35. The van der Waals surface area contributed by atoms with Gasteiger partial charge in [0, 0.05) is 0 Å². The first-order valence-corrected chi connectivity index (χ1v) is 15.7. The average molecular weight is 525 g/mol. The van der Waals surface area contributed by atoms with E-state index in [4.69, 9.17) is 9.47 Å². The van der Waals surface area contributed by atoms with E-state index in [2.05, 4.69) is 23.4 Å². The van der Waals surface area contributed by atoms with Crippen LogP contribution < -0.4 is 9.47 Å². The SMILES string of the molecule is CCCCCCCCC(CCCCCCCC)CCCOc1ccccc1Oc1cccc2snnc12. The first-order valence-electron chi connectivity index (χ1n) is 14.9. The van der Waals surface area contributed by atoms with Crippen molar-refractivity contribution in [3.63, 3.8) is 0 Å². The third-order valence-corrected chi connectivity index (χ3v) is 7.95. The summed E-state index contributed by atoms with van der Waals surface area (Å²) in [6.45, 7) is 5.32. The van der Waals surface area contributed by atoms with Gasteiger partial charge in [0.15, 0.2) is 17.2 Å². The maximum Gasteiger partial charge on any atom is 0.169 e. The molecule has 0 fully saturated rings. The summed E-state index contributed by atoms with van der Waals surface area (Å²) in [7, 11) is 0. The van der Waals surface area contributed by atoms with Crippen LogP contribution in [0.3, 0.4) is 0 Å². The topological polar surface area (TPSA) is 44.2 Å². The monoisotopic (exact) mass is 524 g/mol. The molecular formula is C32H48N2O2S. The quantitative estimate of drug-likeness (QED) is 0.130. The lowest BCUT2D eigenvalue weighted by atomic mass is 9.90. The van der Waals surface area contributed by atoms with Crippen molar-refractivity contribution in [1.29, 1.82) is 0 Å². The van der Waals surface area contributed by atoms with Crippen LogP contribution in [0.25, 0.3) is 10.2 Å². The molecule has 0 unspecified atom stereocenters. The van der Waals surface area contributed by atoms with Gasteiger partial charge in [0.1, 0.15) is 5.52 Å². The number of nitrogens with zero attached hydrogens (tertiary/aromatic N) is 2. The molecule has 0 radical (unpaired) electrons. The molecule has 0 bridgehead atoms. The van der Waals surface area contributed by atoms with Gasteiger partial charge >= 0.3 is 0 Å². The van der Waals surface area contributed by atoms with Crippen LogP contribution in [0.1, 0.15) is 117 Å². The second-order valence-electron chi connectivity index (χ2n) is 10.4. The van der Waals surface area contributed by atoms with Crippen LogP contribution >= 0.6 is 11.5 Å². The molecule has 37 heavy (non-hydrogen) atoms. The average Bonchev–Trinajstić information content (AvgIpc) is 3.41. The van der Waals surface area contributed by atoms with Gasteiger partial charge in [-0.05, 0) is 54.6 Å². The molecule has 0 aliphatic rings. The minimum absolute atomic E-state index is 0.722. The van der Waals surface area contributed by atoms with Crippen LogP contribution in [-0.2, 0) is 0 Å². The molecule has 4 nitrogen and oxygen atoms in total. The minimum atomic E-state index is 0.722. The first-order chi connectivity index (χ1) is 18.3. The fraction of sp³-hybridized carbons (Fsp3) is 0.625. The highest BCUT2D eigenvalue weighted by atomic mass is 32.1. The number of benzene rings is 2. The summed E-state index contributed by atoms with van der Waals surface area (Å²) in [5, 5.41) is 4.23. The molecule has 2 aromatic carbocycles. The lowest BCUT2D eigenvalue weighted by Gasteiger charge is -2.18. The number of fused-ring (bicyclic) bond motifs is 1. The van der Waals surface area contributed by atoms with E-state index in [0.717, 1.165) is 46.4 Å². The summed E-state index contributed by atoms with van der Waals surface area (Å²) in [4.78, 5) is 0. The summed E-state index contributed by atoms with van der Waals surface area (Å²) in [5.41, 5.74) is 0.800. The van der Waals surface area contributed by atoms with Crippen molar-refractivity contribution in [2.45, 2.75) is 117 Å². The molecule has 0 saturated heterocycles. The molecular weight excluding hydrogens is 476 g/mol. The van der Waals surface area contributed by atoms with Gasteiger partial charge in [0.2, 0.25) is 0 Å². The van der Waals surface area contributed by atoms with E-state index in [0.29, 0.717) is 0 Å². The molecule has 0 saturated carbocycles. The fourth-order valence-electron chi connectivity index (χ4n) is 5.05. The number of hydrogen-bond acceptors (Lipinski definition) is 5. The van der Waals surface area contributed by atoms with Gasteiger partial charge in [-0.25, -0.2) is 0 Å². The Labute approximate surface area is 229 Å². The van der Waals surface area contributed by atoms with E-state index >= 15 is 0 Å². The molecule has 1 heterocycles. The van der Waals surface area contributed by atoms with Gasteiger partial charge in [-0.1, -0.05) is 126 Å². The molecule has 3 aromatic rings. The third-order valence-electron chi connectivity index (χ3n) is 7.26. The van der Waals surface area contributed by atoms with Crippen LogP contribution in [-0.4, -0.2) is 16.2 Å². The molecule has 3 rings (SSSR count). The van der Waals surface area contributed by atoms with Crippen molar-refractivity contribution in [3.8, 4) is 17.2 Å². The van der Waals surface area contributed by atoms with Crippen molar-refractivity contribution in [3.05, 3.63) is 42.5 Å². The normalized spacial score (nSPS) is 11.4. The smallest absolute Gasteiger partial charge is 0.169 e. The number of ether oxygens (including phenoxy) is 2. The zero-order chi connectivity index (χ0) is 26.0. The summed E-state index contributed by atoms with van der Waals surface area (Å²) >= 11 is 1.38. The second-order valence-corrected chi connectivity index (χ2v) is 11.2. The summed E-state index contributed by atoms with van der Waals surface area (Å²) in [6.07, 6.45) is 21.7. The van der Waals surface area contributed by atoms with Gasteiger partial charge in [-0.15, -0.1) is 5.10 Å². The zero-order valence-corrected chi connectivity index (χ0v) is 24.1. The number of aromatic nitrogens is 2. The highest BCUT2D eigenvalue weighted by molar-refractivity contribution is 7.13. The Morgan fingerprint density at radius 1 is 0.649 bits per heavy atom. The summed E-state index contributed by atoms with van der Waals surface area (Å²) in [5.74, 6) is 3.09. The standard InChI is InChI=1S/C32H48N2O2S/c1-3-5-7-9-11-13-19-27(20-14-12-10-8-6-4-2)21-18-26-35-28-22-15-16-23-29(28)36-30-24-17-25-31-32(30)33-34-37-31/h15-17,22-25,27H,3-14,18-21,26H2,1-2H3. The molecule has 0 aliphatic carbocycles. The largest absolute Gasteiger partial charge is 0.490 e. The van der Waals surface area contributed by atoms with Gasteiger partial charge in [-0.3, -0.25) is 0 Å². The minimum Gasteiger partial charge on any atom is -0.490 e. The molecule has 0 amide bonds. The van der Waals surface area contributed by atoms with Gasteiger partial charge in [0.25, 0.3) is 0 Å². The van der Waals surface area contributed by atoms with Crippen molar-refractivity contribution in [1.82, 2.24) is 9.59 Å². The number of rotatable bonds is 21. The Bertz CT molecular complexity index is 974. The van der Waals surface area contributed by atoms with Crippen LogP contribution in [0.5, 0.6) is 17.2 Å². The van der Waals surface area contributed by atoms with Gasteiger partial charge in [0.05, 0.1) is 11.3 Å². The van der Waals surface area contributed by atoms with Crippen LogP contribution in [0.15, 0.2) is 42.5 Å². The summed E-state index contributed by atoms with van der Waals surface area (Å²) < 4.78 is 17.5. The molecule has 0 N–H and O–H groups in total.